The average molecular weight is 270 g/mol. The minimum Gasteiger partial charge on any atom is -0.382 e. The van der Waals surface area contributed by atoms with Crippen molar-refractivity contribution in [3.63, 3.8) is 0 Å². The zero-order valence-corrected chi connectivity index (χ0v) is 11.2. The van der Waals surface area contributed by atoms with Gasteiger partial charge in [-0.15, -0.1) is 0 Å². The Balaban J connectivity index is 2.08. The van der Waals surface area contributed by atoms with Crippen LogP contribution in [0.15, 0.2) is 6.20 Å². The molecule has 2 heterocycles. The number of anilines is 1. The summed E-state index contributed by atoms with van der Waals surface area (Å²) in [4.78, 5) is 8.33. The number of aromatic nitrogens is 4. The lowest BCUT2D eigenvalue weighted by Gasteiger charge is -2.07. The Bertz CT molecular complexity index is 527. The molecule has 0 spiro atoms. The Hall–Kier alpha value is -1.40. The minimum absolute atomic E-state index is 0.221. The van der Waals surface area contributed by atoms with Crippen LogP contribution in [0.4, 0.5) is 5.82 Å². The summed E-state index contributed by atoms with van der Waals surface area (Å²) in [7, 11) is 1.82. The van der Waals surface area contributed by atoms with Gasteiger partial charge in [0.1, 0.15) is 5.82 Å². The summed E-state index contributed by atoms with van der Waals surface area (Å²) in [6.45, 7) is 4.23. The highest BCUT2D eigenvalue weighted by Crippen LogP contribution is 2.20. The van der Waals surface area contributed by atoms with Crippen molar-refractivity contribution >= 4 is 28.5 Å². The summed E-state index contributed by atoms with van der Waals surface area (Å²) >= 11 is 5.89. The van der Waals surface area contributed by atoms with Gasteiger partial charge in [-0.25, -0.2) is 0 Å². The summed E-state index contributed by atoms with van der Waals surface area (Å²) in [5, 5.41) is 8.47. The molecular weight excluding hydrogens is 254 g/mol. The first-order chi connectivity index (χ1) is 8.72. The smallest absolute Gasteiger partial charge is 0.226 e. The van der Waals surface area contributed by atoms with E-state index in [-0.39, 0.29) is 5.28 Å². The van der Waals surface area contributed by atoms with E-state index in [1.165, 1.54) is 0 Å². The van der Waals surface area contributed by atoms with Gasteiger partial charge in [0, 0.05) is 26.8 Å². The fourth-order valence-corrected chi connectivity index (χ4v) is 1.82. The molecule has 0 radical (unpaired) electrons. The van der Waals surface area contributed by atoms with Gasteiger partial charge in [0.25, 0.3) is 0 Å². The molecule has 0 unspecified atom stereocenters. The fourth-order valence-electron chi connectivity index (χ4n) is 1.66. The van der Waals surface area contributed by atoms with E-state index in [0.29, 0.717) is 0 Å². The third kappa shape index (κ3) is 2.88. The molecule has 0 saturated carbocycles. The first-order valence-electron chi connectivity index (χ1n) is 5.89. The van der Waals surface area contributed by atoms with Gasteiger partial charge in [0.15, 0.2) is 5.65 Å². The maximum absolute atomic E-state index is 5.89. The monoisotopic (exact) mass is 269 g/mol. The molecule has 0 aliphatic rings. The van der Waals surface area contributed by atoms with Crippen molar-refractivity contribution in [2.45, 2.75) is 13.3 Å². The lowest BCUT2D eigenvalue weighted by atomic mass is 10.3. The summed E-state index contributed by atoms with van der Waals surface area (Å²) in [6, 6.07) is 0. The minimum atomic E-state index is 0.221. The third-order valence-corrected chi connectivity index (χ3v) is 2.70. The number of nitrogens with zero attached hydrogens (tertiary/aromatic N) is 4. The standard InChI is InChI=1S/C11H16ClN5O/c1-3-18-6-4-5-13-9-8-7-14-17(2)10(8)16-11(12)15-9/h7H,3-6H2,1-2H3,(H,13,15,16). The lowest BCUT2D eigenvalue weighted by Crippen LogP contribution is -2.08. The van der Waals surface area contributed by atoms with Gasteiger partial charge in [-0.1, -0.05) is 0 Å². The molecule has 7 heteroatoms. The molecular formula is C11H16ClN5O. The Labute approximate surface area is 110 Å². The fraction of sp³-hybridized carbons (Fsp3) is 0.545. The van der Waals surface area contributed by atoms with Crippen LogP contribution in [-0.4, -0.2) is 39.5 Å². The van der Waals surface area contributed by atoms with Crippen molar-refractivity contribution in [3.8, 4) is 0 Å². The van der Waals surface area contributed by atoms with Crippen molar-refractivity contribution in [1.82, 2.24) is 19.7 Å². The van der Waals surface area contributed by atoms with E-state index >= 15 is 0 Å². The Morgan fingerprint density at radius 2 is 2.28 bits per heavy atom. The van der Waals surface area contributed by atoms with Crippen molar-refractivity contribution in [2.75, 3.05) is 25.1 Å². The maximum atomic E-state index is 5.89. The van der Waals surface area contributed by atoms with Crippen LogP contribution in [0.5, 0.6) is 0 Å². The molecule has 0 saturated heterocycles. The number of hydrogen-bond donors (Lipinski definition) is 1. The second-order valence-electron chi connectivity index (χ2n) is 3.82. The molecule has 98 valence electrons. The SMILES string of the molecule is CCOCCCNc1nc(Cl)nc2c1cnn2C. The van der Waals surface area contributed by atoms with Gasteiger partial charge in [0.2, 0.25) is 5.28 Å². The number of hydrogen-bond acceptors (Lipinski definition) is 5. The molecule has 0 amide bonds. The predicted molar refractivity (Wildman–Crippen MR) is 70.9 cm³/mol. The van der Waals surface area contributed by atoms with E-state index in [1.807, 2.05) is 14.0 Å². The van der Waals surface area contributed by atoms with Gasteiger partial charge in [0.05, 0.1) is 11.6 Å². The van der Waals surface area contributed by atoms with Crippen molar-refractivity contribution in [2.24, 2.45) is 7.05 Å². The van der Waals surface area contributed by atoms with Crippen molar-refractivity contribution in [1.29, 1.82) is 0 Å². The number of nitrogens with one attached hydrogen (secondary N) is 1. The normalized spacial score (nSPS) is 11.1. The lowest BCUT2D eigenvalue weighted by molar-refractivity contribution is 0.147. The van der Waals surface area contributed by atoms with Gasteiger partial charge >= 0.3 is 0 Å². The molecule has 18 heavy (non-hydrogen) atoms. The zero-order chi connectivity index (χ0) is 13.0. The number of rotatable bonds is 6. The highest BCUT2D eigenvalue weighted by Gasteiger charge is 2.09. The van der Waals surface area contributed by atoms with E-state index in [2.05, 4.69) is 20.4 Å². The zero-order valence-electron chi connectivity index (χ0n) is 10.5. The van der Waals surface area contributed by atoms with Crippen molar-refractivity contribution < 1.29 is 4.74 Å². The van der Waals surface area contributed by atoms with Gasteiger partial charge in [-0.05, 0) is 24.9 Å². The van der Waals surface area contributed by atoms with Crippen molar-refractivity contribution in [3.05, 3.63) is 11.5 Å². The van der Waals surface area contributed by atoms with Crippen LogP contribution < -0.4 is 5.32 Å². The molecule has 0 atom stereocenters. The Kier molecular flexibility index (Phi) is 4.33. The number of fused-ring (bicyclic) bond motifs is 1. The Morgan fingerprint density at radius 3 is 3.06 bits per heavy atom. The second kappa shape index (κ2) is 5.97. The molecule has 0 aliphatic heterocycles. The molecule has 2 aromatic heterocycles. The highest BCUT2D eigenvalue weighted by molar-refractivity contribution is 6.28. The number of halogens is 1. The predicted octanol–water partition coefficient (Wildman–Crippen LogP) is 1.86. The summed E-state index contributed by atoms with van der Waals surface area (Å²) in [5.41, 5.74) is 0.724. The average Bonchev–Trinajstić information content (AvgIpc) is 2.71. The molecule has 0 aromatic carbocycles. The molecule has 0 bridgehead atoms. The third-order valence-electron chi connectivity index (χ3n) is 2.53. The van der Waals surface area contributed by atoms with Crippen LogP contribution in [0.1, 0.15) is 13.3 Å². The largest absolute Gasteiger partial charge is 0.382 e. The Morgan fingerprint density at radius 1 is 1.44 bits per heavy atom. The summed E-state index contributed by atoms with van der Waals surface area (Å²) in [6.07, 6.45) is 2.65. The number of aryl methyl sites for hydroxylation is 1. The van der Waals surface area contributed by atoms with E-state index in [1.54, 1.807) is 10.9 Å². The quantitative estimate of drug-likeness (QED) is 0.640. The van der Waals surface area contributed by atoms with Crippen LogP contribution in [0, 0.1) is 0 Å². The first-order valence-corrected chi connectivity index (χ1v) is 6.27. The summed E-state index contributed by atoms with van der Waals surface area (Å²) in [5.74, 6) is 0.717. The summed E-state index contributed by atoms with van der Waals surface area (Å²) < 4.78 is 6.95. The van der Waals surface area contributed by atoms with E-state index in [4.69, 9.17) is 16.3 Å². The topological polar surface area (TPSA) is 64.9 Å². The van der Waals surface area contributed by atoms with E-state index in [9.17, 15) is 0 Å². The first kappa shape index (κ1) is 13.0. The maximum Gasteiger partial charge on any atom is 0.226 e. The second-order valence-corrected chi connectivity index (χ2v) is 4.16. The molecule has 6 nitrogen and oxygen atoms in total. The molecule has 2 aromatic rings. The van der Waals surface area contributed by atoms with Gasteiger partial charge in [-0.2, -0.15) is 15.1 Å². The van der Waals surface area contributed by atoms with Crippen LogP contribution in [0.3, 0.4) is 0 Å². The molecule has 0 fully saturated rings. The van der Waals surface area contributed by atoms with Crippen LogP contribution in [0.2, 0.25) is 5.28 Å². The molecule has 0 aliphatic carbocycles. The number of ether oxygens (including phenoxy) is 1. The molecule has 2 rings (SSSR count). The van der Waals surface area contributed by atoms with E-state index < -0.39 is 0 Å². The molecule has 1 N–H and O–H groups in total. The van der Waals surface area contributed by atoms with Crippen LogP contribution >= 0.6 is 11.6 Å². The van der Waals surface area contributed by atoms with E-state index in [0.717, 1.165) is 43.0 Å². The van der Waals surface area contributed by atoms with Gasteiger partial charge < -0.3 is 10.1 Å². The van der Waals surface area contributed by atoms with Crippen LogP contribution in [0.25, 0.3) is 11.0 Å². The van der Waals surface area contributed by atoms with Crippen LogP contribution in [-0.2, 0) is 11.8 Å². The highest BCUT2D eigenvalue weighted by atomic mass is 35.5. The van der Waals surface area contributed by atoms with Gasteiger partial charge in [-0.3, -0.25) is 4.68 Å².